The van der Waals surface area contributed by atoms with Crippen molar-refractivity contribution in [2.75, 3.05) is 33.9 Å². The largest absolute Gasteiger partial charge is 0.379 e. The Morgan fingerprint density at radius 2 is 1.79 bits per heavy atom. The van der Waals surface area contributed by atoms with Crippen LogP contribution >= 0.6 is 0 Å². The molecule has 0 saturated carbocycles. The summed E-state index contributed by atoms with van der Waals surface area (Å²) in [5.41, 5.74) is -0.0994. The second-order valence-electron chi connectivity index (χ2n) is 4.77. The second kappa shape index (κ2) is 6.38. The Morgan fingerprint density at radius 1 is 1.21 bits per heavy atom. The molecule has 3 nitrogen and oxygen atoms in total. The summed E-state index contributed by atoms with van der Waals surface area (Å²) in [5.74, 6) is 0. The maximum atomic E-state index is 5.88. The minimum absolute atomic E-state index is 0.0994. The number of hydrogen-bond acceptors (Lipinski definition) is 3. The van der Waals surface area contributed by atoms with Gasteiger partial charge in [-0.2, -0.15) is 0 Å². The Bertz CT molecular complexity index is 141. The average molecular weight is 203 g/mol. The van der Waals surface area contributed by atoms with Crippen molar-refractivity contribution in [1.29, 1.82) is 0 Å². The first-order valence-corrected chi connectivity index (χ1v) is 5.25. The van der Waals surface area contributed by atoms with Crippen LogP contribution < -0.4 is 0 Å². The predicted molar refractivity (Wildman–Crippen MR) is 59.7 cm³/mol. The molecule has 0 aromatic rings. The van der Waals surface area contributed by atoms with Crippen molar-refractivity contribution in [1.82, 2.24) is 4.90 Å². The molecule has 1 atom stereocenters. The van der Waals surface area contributed by atoms with Gasteiger partial charge in [-0.05, 0) is 41.8 Å². The Kier molecular flexibility index (Phi) is 6.33. The maximum absolute atomic E-state index is 5.88. The number of rotatable bonds is 6. The van der Waals surface area contributed by atoms with Gasteiger partial charge >= 0.3 is 0 Å². The minimum Gasteiger partial charge on any atom is -0.379 e. The van der Waals surface area contributed by atoms with Gasteiger partial charge in [0.25, 0.3) is 0 Å². The SMILES string of the molecule is CCOCC(CN(C)C)OC(C)(C)C. The van der Waals surface area contributed by atoms with E-state index in [-0.39, 0.29) is 11.7 Å². The van der Waals surface area contributed by atoms with Crippen LogP contribution in [0.5, 0.6) is 0 Å². The van der Waals surface area contributed by atoms with Gasteiger partial charge in [0.05, 0.1) is 18.3 Å². The van der Waals surface area contributed by atoms with Gasteiger partial charge in [-0.1, -0.05) is 0 Å². The molecule has 0 fully saturated rings. The van der Waals surface area contributed by atoms with Crippen LogP contribution in [0.25, 0.3) is 0 Å². The molecule has 0 saturated heterocycles. The van der Waals surface area contributed by atoms with E-state index in [2.05, 4.69) is 25.7 Å². The Morgan fingerprint density at radius 3 is 2.14 bits per heavy atom. The van der Waals surface area contributed by atoms with E-state index in [1.165, 1.54) is 0 Å². The molecule has 0 amide bonds. The quantitative estimate of drug-likeness (QED) is 0.656. The molecule has 0 heterocycles. The fraction of sp³-hybridized carbons (Fsp3) is 1.00. The zero-order chi connectivity index (χ0) is 11.2. The van der Waals surface area contributed by atoms with Gasteiger partial charge in [0.15, 0.2) is 0 Å². The van der Waals surface area contributed by atoms with Crippen molar-refractivity contribution in [2.45, 2.75) is 39.4 Å². The zero-order valence-corrected chi connectivity index (χ0v) is 10.5. The van der Waals surface area contributed by atoms with E-state index < -0.39 is 0 Å². The molecule has 0 aliphatic carbocycles. The molecule has 0 bridgehead atoms. The summed E-state index contributed by atoms with van der Waals surface area (Å²) >= 11 is 0. The van der Waals surface area contributed by atoms with Gasteiger partial charge in [-0.3, -0.25) is 0 Å². The number of hydrogen-bond donors (Lipinski definition) is 0. The highest BCUT2D eigenvalue weighted by atomic mass is 16.5. The third kappa shape index (κ3) is 8.48. The second-order valence-corrected chi connectivity index (χ2v) is 4.77. The first kappa shape index (κ1) is 13.9. The smallest absolute Gasteiger partial charge is 0.0941 e. The van der Waals surface area contributed by atoms with Gasteiger partial charge in [0.2, 0.25) is 0 Å². The fourth-order valence-electron chi connectivity index (χ4n) is 1.28. The van der Waals surface area contributed by atoms with Crippen LogP contribution in [0, 0.1) is 0 Å². The molecule has 0 spiro atoms. The van der Waals surface area contributed by atoms with Crippen LogP contribution in [-0.2, 0) is 9.47 Å². The summed E-state index contributed by atoms with van der Waals surface area (Å²) in [4.78, 5) is 2.12. The average Bonchev–Trinajstić information content (AvgIpc) is 1.96. The Hall–Kier alpha value is -0.120. The minimum atomic E-state index is -0.0994. The normalized spacial score (nSPS) is 14.8. The Labute approximate surface area is 88.4 Å². The molecule has 0 radical (unpaired) electrons. The topological polar surface area (TPSA) is 21.7 Å². The summed E-state index contributed by atoms with van der Waals surface area (Å²) in [6.45, 7) is 10.5. The lowest BCUT2D eigenvalue weighted by Crippen LogP contribution is -2.38. The first-order valence-electron chi connectivity index (χ1n) is 5.25. The van der Waals surface area contributed by atoms with Crippen molar-refractivity contribution in [3.8, 4) is 0 Å². The number of likely N-dealkylation sites (N-methyl/N-ethyl adjacent to an activating group) is 1. The third-order valence-corrected chi connectivity index (χ3v) is 1.60. The molecule has 0 aromatic heterocycles. The van der Waals surface area contributed by atoms with Crippen LogP contribution in [0.15, 0.2) is 0 Å². The molecular formula is C11H25NO2. The van der Waals surface area contributed by atoms with E-state index in [4.69, 9.17) is 9.47 Å². The molecule has 0 aliphatic rings. The monoisotopic (exact) mass is 203 g/mol. The zero-order valence-electron chi connectivity index (χ0n) is 10.5. The lowest BCUT2D eigenvalue weighted by molar-refractivity contribution is -0.0976. The first-order chi connectivity index (χ1) is 6.35. The van der Waals surface area contributed by atoms with E-state index in [9.17, 15) is 0 Å². The highest BCUT2D eigenvalue weighted by molar-refractivity contribution is 4.68. The lowest BCUT2D eigenvalue weighted by atomic mass is 10.2. The number of nitrogens with zero attached hydrogens (tertiary/aromatic N) is 1. The van der Waals surface area contributed by atoms with Gasteiger partial charge in [0, 0.05) is 13.2 Å². The highest BCUT2D eigenvalue weighted by Gasteiger charge is 2.19. The van der Waals surface area contributed by atoms with E-state index in [1.54, 1.807) is 0 Å². The molecule has 3 heteroatoms. The van der Waals surface area contributed by atoms with E-state index in [0.29, 0.717) is 6.61 Å². The Balaban J connectivity index is 3.97. The van der Waals surface area contributed by atoms with Crippen molar-refractivity contribution < 1.29 is 9.47 Å². The molecule has 1 unspecified atom stereocenters. The molecule has 0 aliphatic heterocycles. The third-order valence-electron chi connectivity index (χ3n) is 1.60. The summed E-state index contributed by atoms with van der Waals surface area (Å²) in [5, 5.41) is 0. The van der Waals surface area contributed by atoms with Crippen molar-refractivity contribution in [2.24, 2.45) is 0 Å². The van der Waals surface area contributed by atoms with Crippen molar-refractivity contribution >= 4 is 0 Å². The van der Waals surface area contributed by atoms with E-state index in [0.717, 1.165) is 13.2 Å². The maximum Gasteiger partial charge on any atom is 0.0941 e. The fourth-order valence-corrected chi connectivity index (χ4v) is 1.28. The van der Waals surface area contributed by atoms with E-state index >= 15 is 0 Å². The predicted octanol–water partition coefficient (Wildman–Crippen LogP) is 1.77. The standard InChI is InChI=1S/C11H25NO2/c1-7-13-9-10(8-12(5)6)14-11(2,3)4/h10H,7-9H2,1-6H3. The summed E-state index contributed by atoms with van der Waals surface area (Å²) in [6.07, 6.45) is 0.157. The number of ether oxygens (including phenoxy) is 2. The van der Waals surface area contributed by atoms with Crippen molar-refractivity contribution in [3.05, 3.63) is 0 Å². The van der Waals surface area contributed by atoms with E-state index in [1.807, 2.05) is 21.0 Å². The molecular weight excluding hydrogens is 178 g/mol. The van der Waals surface area contributed by atoms with Crippen LogP contribution in [0.1, 0.15) is 27.7 Å². The van der Waals surface area contributed by atoms with Crippen molar-refractivity contribution in [3.63, 3.8) is 0 Å². The summed E-state index contributed by atoms with van der Waals surface area (Å²) < 4.78 is 11.3. The van der Waals surface area contributed by atoms with Gasteiger partial charge in [-0.25, -0.2) is 0 Å². The van der Waals surface area contributed by atoms with Gasteiger partial charge < -0.3 is 14.4 Å². The molecule has 86 valence electrons. The summed E-state index contributed by atoms with van der Waals surface area (Å²) in [7, 11) is 4.09. The molecule has 0 N–H and O–H groups in total. The highest BCUT2D eigenvalue weighted by Crippen LogP contribution is 2.11. The van der Waals surface area contributed by atoms with Crippen LogP contribution in [0.4, 0.5) is 0 Å². The molecule has 0 aromatic carbocycles. The summed E-state index contributed by atoms with van der Waals surface area (Å²) in [6, 6.07) is 0. The van der Waals surface area contributed by atoms with Crippen LogP contribution in [-0.4, -0.2) is 50.5 Å². The lowest BCUT2D eigenvalue weighted by Gasteiger charge is -2.29. The van der Waals surface area contributed by atoms with Gasteiger partial charge in [-0.15, -0.1) is 0 Å². The van der Waals surface area contributed by atoms with Crippen LogP contribution in [0.2, 0.25) is 0 Å². The molecule has 14 heavy (non-hydrogen) atoms. The molecule has 0 rings (SSSR count). The van der Waals surface area contributed by atoms with Gasteiger partial charge in [0.1, 0.15) is 0 Å². The van der Waals surface area contributed by atoms with Crippen LogP contribution in [0.3, 0.4) is 0 Å².